The van der Waals surface area contributed by atoms with Crippen molar-refractivity contribution in [1.82, 2.24) is 24.5 Å². The first-order valence-electron chi connectivity index (χ1n) is 11.3. The van der Waals surface area contributed by atoms with Crippen molar-refractivity contribution in [3.05, 3.63) is 71.8 Å². The molecule has 0 radical (unpaired) electrons. The van der Waals surface area contributed by atoms with E-state index >= 15 is 0 Å². The number of nitrogens with zero attached hydrogens (tertiary/aromatic N) is 5. The number of ether oxygens (including phenoxy) is 1. The summed E-state index contributed by atoms with van der Waals surface area (Å²) < 4.78 is 73.1. The number of halogens is 3. The molecular weight excluding hydrogens is 521 g/mol. The molecule has 4 rings (SSSR count). The Bertz CT molecular complexity index is 1590. The Morgan fingerprint density at radius 2 is 1.76 bits per heavy atom. The highest BCUT2D eigenvalue weighted by Gasteiger charge is 2.34. The van der Waals surface area contributed by atoms with Gasteiger partial charge in [0.1, 0.15) is 28.8 Å². The molecule has 0 amide bonds. The highest BCUT2D eigenvalue weighted by Crippen LogP contribution is 2.39. The molecule has 0 aliphatic heterocycles. The van der Waals surface area contributed by atoms with Crippen molar-refractivity contribution in [2.45, 2.75) is 38.7 Å². The quantitative estimate of drug-likeness (QED) is 0.338. The molecule has 13 heteroatoms. The summed E-state index contributed by atoms with van der Waals surface area (Å²) in [5.74, 6) is -0.447. The summed E-state index contributed by atoms with van der Waals surface area (Å²) in [6.45, 7) is 4.39. The third-order valence-electron chi connectivity index (χ3n) is 6.04. The molecule has 1 aromatic carbocycles. The van der Waals surface area contributed by atoms with Crippen molar-refractivity contribution >= 4 is 15.8 Å². The Labute approximate surface area is 217 Å². The normalized spacial score (nSPS) is 12.2. The summed E-state index contributed by atoms with van der Waals surface area (Å²) in [6.07, 6.45) is 1.22. The number of aryl methyl sites for hydroxylation is 1. The zero-order chi connectivity index (χ0) is 27.8. The molecule has 0 aliphatic rings. The van der Waals surface area contributed by atoms with E-state index in [4.69, 9.17) is 10.5 Å². The van der Waals surface area contributed by atoms with Gasteiger partial charge in [-0.2, -0.15) is 4.98 Å². The maximum atomic E-state index is 13.6. The Hall–Kier alpha value is -4.00. The molecule has 0 bridgehead atoms. The summed E-state index contributed by atoms with van der Waals surface area (Å²) in [4.78, 5) is 15.3. The van der Waals surface area contributed by atoms with Crippen molar-refractivity contribution in [2.75, 3.05) is 12.0 Å². The zero-order valence-corrected chi connectivity index (χ0v) is 21.8. The van der Waals surface area contributed by atoms with Crippen molar-refractivity contribution in [1.29, 1.82) is 0 Å². The number of anilines is 1. The van der Waals surface area contributed by atoms with Crippen molar-refractivity contribution in [3.8, 4) is 28.3 Å². The van der Waals surface area contributed by atoms with Gasteiger partial charge < -0.3 is 15.0 Å². The van der Waals surface area contributed by atoms with E-state index in [9.17, 15) is 21.6 Å². The van der Waals surface area contributed by atoms with Crippen LogP contribution in [0.1, 0.15) is 37.5 Å². The van der Waals surface area contributed by atoms with Gasteiger partial charge >= 0.3 is 0 Å². The van der Waals surface area contributed by atoms with E-state index in [1.54, 1.807) is 13.0 Å². The van der Waals surface area contributed by atoms with E-state index in [0.717, 1.165) is 6.26 Å². The molecule has 0 aliphatic carbocycles. The lowest BCUT2D eigenvalue weighted by Gasteiger charge is -2.26. The van der Waals surface area contributed by atoms with Crippen LogP contribution in [0.5, 0.6) is 5.88 Å². The fourth-order valence-corrected chi connectivity index (χ4v) is 4.35. The molecule has 4 aromatic rings. The molecule has 0 saturated heterocycles. The van der Waals surface area contributed by atoms with Gasteiger partial charge in [-0.3, -0.25) is 4.98 Å². The van der Waals surface area contributed by atoms with Crippen LogP contribution in [0.3, 0.4) is 0 Å². The molecule has 0 unspecified atom stereocenters. The van der Waals surface area contributed by atoms with E-state index in [2.05, 4.69) is 19.9 Å². The Morgan fingerprint density at radius 3 is 2.39 bits per heavy atom. The summed E-state index contributed by atoms with van der Waals surface area (Å²) in [5, 5.41) is 0. The molecule has 3 heterocycles. The first-order chi connectivity index (χ1) is 17.8. The number of benzene rings is 1. The number of nitrogens with two attached hydrogens (primary N) is 1. The predicted molar refractivity (Wildman–Crippen MR) is 135 cm³/mol. The van der Waals surface area contributed by atoms with Gasteiger partial charge in [0.2, 0.25) is 11.8 Å². The molecular formula is C25H25F3N6O3S. The average Bonchev–Trinajstić information content (AvgIpc) is 3.31. The minimum atomic E-state index is -3.54. The molecule has 0 atom stereocenters. The van der Waals surface area contributed by atoms with Gasteiger partial charge in [0, 0.05) is 29.9 Å². The topological polar surface area (TPSA) is 126 Å². The maximum absolute atomic E-state index is 13.6. The summed E-state index contributed by atoms with van der Waals surface area (Å²) in [5.41, 5.74) is 6.99. The standard InChI is InChI=1S/C25H25F3N6O3S/c1-14-11-16(12-18(31-14)22(27)28)20-21(15-5-7-17(26)8-6-15)32-24(29)33-23(20)37-13-19-30-9-10-34(19)25(2,3)38(4,35)36/h5-12,22H,13H2,1-4H3,(H2,29,32,33). The van der Waals surface area contributed by atoms with Crippen LogP contribution < -0.4 is 10.5 Å². The summed E-state index contributed by atoms with van der Waals surface area (Å²) >= 11 is 0. The SMILES string of the molecule is Cc1cc(-c2c(OCc3nccn3C(C)(C)S(C)(=O)=O)nc(N)nc2-c2ccc(F)cc2)cc(C(F)F)n1. The Kier molecular flexibility index (Phi) is 7.15. The number of rotatable bonds is 8. The van der Waals surface area contributed by atoms with Gasteiger partial charge in [-0.15, -0.1) is 0 Å². The zero-order valence-electron chi connectivity index (χ0n) is 21.0. The second kappa shape index (κ2) is 10.0. The van der Waals surface area contributed by atoms with E-state index in [1.807, 2.05) is 0 Å². The van der Waals surface area contributed by atoms with Crippen LogP contribution in [0.2, 0.25) is 0 Å². The van der Waals surface area contributed by atoms with Crippen LogP contribution in [0.15, 0.2) is 48.8 Å². The van der Waals surface area contributed by atoms with Crippen LogP contribution in [-0.2, 0) is 21.3 Å². The number of sulfone groups is 1. The second-order valence-electron chi connectivity index (χ2n) is 9.06. The van der Waals surface area contributed by atoms with Gasteiger partial charge in [0.15, 0.2) is 9.84 Å². The van der Waals surface area contributed by atoms with E-state index in [-0.39, 0.29) is 41.1 Å². The molecule has 0 spiro atoms. The molecule has 3 aromatic heterocycles. The molecule has 0 saturated carbocycles. The van der Waals surface area contributed by atoms with Crippen LogP contribution in [0.25, 0.3) is 22.4 Å². The monoisotopic (exact) mass is 546 g/mol. The van der Waals surface area contributed by atoms with Gasteiger partial charge in [0.25, 0.3) is 6.43 Å². The summed E-state index contributed by atoms with van der Waals surface area (Å²) in [6, 6.07) is 8.14. The van der Waals surface area contributed by atoms with Crippen LogP contribution in [0.4, 0.5) is 19.1 Å². The number of hydrogen-bond acceptors (Lipinski definition) is 8. The third-order valence-corrected chi connectivity index (χ3v) is 8.05. The molecule has 200 valence electrons. The van der Waals surface area contributed by atoms with Crippen LogP contribution in [0, 0.1) is 12.7 Å². The predicted octanol–water partition coefficient (Wildman–Crippen LogP) is 4.69. The smallest absolute Gasteiger partial charge is 0.280 e. The lowest BCUT2D eigenvalue weighted by atomic mass is 9.99. The molecule has 2 N–H and O–H groups in total. The third kappa shape index (κ3) is 5.32. The fourth-order valence-electron chi connectivity index (χ4n) is 3.83. The molecule has 38 heavy (non-hydrogen) atoms. The number of alkyl halides is 2. The number of imidazole rings is 1. The highest BCUT2D eigenvalue weighted by molar-refractivity contribution is 7.91. The Balaban J connectivity index is 1.87. The van der Waals surface area contributed by atoms with Crippen molar-refractivity contribution in [2.24, 2.45) is 0 Å². The largest absolute Gasteiger partial charge is 0.469 e. The maximum Gasteiger partial charge on any atom is 0.280 e. The highest BCUT2D eigenvalue weighted by atomic mass is 32.2. The number of pyridine rings is 1. The summed E-state index contributed by atoms with van der Waals surface area (Å²) in [7, 11) is -3.54. The molecule has 9 nitrogen and oxygen atoms in total. The van der Waals surface area contributed by atoms with Crippen LogP contribution in [-0.4, -0.2) is 39.2 Å². The first-order valence-corrected chi connectivity index (χ1v) is 13.2. The van der Waals surface area contributed by atoms with E-state index in [1.165, 1.54) is 61.1 Å². The van der Waals surface area contributed by atoms with Gasteiger partial charge in [-0.25, -0.2) is 31.6 Å². The lowest BCUT2D eigenvalue weighted by molar-refractivity contribution is 0.146. The van der Waals surface area contributed by atoms with Gasteiger partial charge in [0.05, 0.1) is 11.3 Å². The first kappa shape index (κ1) is 27.0. The lowest BCUT2D eigenvalue weighted by Crippen LogP contribution is -2.36. The van der Waals surface area contributed by atoms with E-state index < -0.39 is 32.6 Å². The minimum absolute atomic E-state index is 0.0608. The number of hydrogen-bond donors (Lipinski definition) is 1. The second-order valence-corrected chi connectivity index (χ2v) is 11.6. The van der Waals surface area contributed by atoms with Gasteiger partial charge in [-0.1, -0.05) is 0 Å². The van der Waals surface area contributed by atoms with Crippen LogP contribution >= 0.6 is 0 Å². The fraction of sp³-hybridized carbons (Fsp3) is 0.280. The number of aromatic nitrogens is 5. The van der Waals surface area contributed by atoms with Gasteiger partial charge in [-0.05, 0) is 62.7 Å². The minimum Gasteiger partial charge on any atom is -0.469 e. The van der Waals surface area contributed by atoms with Crippen molar-refractivity contribution in [3.63, 3.8) is 0 Å². The van der Waals surface area contributed by atoms with E-state index in [0.29, 0.717) is 11.3 Å². The molecule has 0 fully saturated rings. The number of nitrogen functional groups attached to an aromatic ring is 1. The average molecular weight is 547 g/mol. The van der Waals surface area contributed by atoms with Crippen molar-refractivity contribution < 1.29 is 26.3 Å². The Morgan fingerprint density at radius 1 is 1.08 bits per heavy atom.